The lowest BCUT2D eigenvalue weighted by atomic mass is 10.1. The maximum atomic E-state index is 13.7. The molecule has 1 aliphatic heterocycles. The summed E-state index contributed by atoms with van der Waals surface area (Å²) in [6.07, 6.45) is -15.7. The average molecular weight is 348 g/mol. The number of hydrogen-bond donors (Lipinski definition) is 0. The van der Waals surface area contributed by atoms with E-state index in [2.05, 4.69) is 20.8 Å². The summed E-state index contributed by atoms with van der Waals surface area (Å²) in [5.41, 5.74) is 0. The molecule has 1 heterocycles. The molecule has 2 unspecified atom stereocenters. The minimum Gasteiger partial charge on any atom is -0.448 e. The van der Waals surface area contributed by atoms with Crippen LogP contribution in [0, 0.1) is 0 Å². The minimum atomic E-state index is -6.35. The lowest BCUT2D eigenvalue weighted by molar-refractivity contribution is -0.499. The molecular weight excluding hydrogens is 343 g/mol. The molecule has 1 fully saturated rings. The largest absolute Gasteiger partial charge is 0.525 e. The van der Waals surface area contributed by atoms with E-state index in [-0.39, 0.29) is 0 Å². The number of alkyl halides is 8. The van der Waals surface area contributed by atoms with Gasteiger partial charge in [-0.05, 0) is 0 Å². The number of esters is 1. The maximum absolute atomic E-state index is 13.7. The molecular formula is C9H5F9O4. The number of halogens is 9. The molecule has 0 amide bonds. The molecule has 0 bridgehead atoms. The molecule has 0 aliphatic carbocycles. The highest BCUT2D eigenvalue weighted by Gasteiger charge is 2.82. The van der Waals surface area contributed by atoms with Gasteiger partial charge in [0, 0.05) is 0 Å². The summed E-state index contributed by atoms with van der Waals surface area (Å²) in [5, 5.41) is 0. The topological polar surface area (TPSA) is 44.8 Å². The summed E-state index contributed by atoms with van der Waals surface area (Å²) in [6, 6.07) is 0. The van der Waals surface area contributed by atoms with E-state index >= 15 is 0 Å². The van der Waals surface area contributed by atoms with Crippen molar-refractivity contribution in [3.63, 3.8) is 0 Å². The molecule has 4 nitrogen and oxygen atoms in total. The highest BCUT2D eigenvalue weighted by molar-refractivity contribution is 5.85. The number of carbonyl (C=O) groups is 1. The van der Waals surface area contributed by atoms with Crippen molar-refractivity contribution in [1.29, 1.82) is 0 Å². The zero-order chi connectivity index (χ0) is 17.6. The fraction of sp³-hybridized carbons (Fsp3) is 0.667. The van der Waals surface area contributed by atoms with Crippen LogP contribution in [0.5, 0.6) is 0 Å². The van der Waals surface area contributed by atoms with Gasteiger partial charge in [0.2, 0.25) is 5.83 Å². The highest BCUT2D eigenvalue weighted by Crippen LogP contribution is 2.54. The Bertz CT molecular complexity index is 469. The van der Waals surface area contributed by atoms with E-state index < -0.39 is 48.8 Å². The summed E-state index contributed by atoms with van der Waals surface area (Å²) in [4.78, 5) is 10.7. The summed E-state index contributed by atoms with van der Waals surface area (Å²) in [6.45, 7) is 0.511. The predicted molar refractivity (Wildman–Crippen MR) is 47.0 cm³/mol. The van der Waals surface area contributed by atoms with E-state index in [1.54, 1.807) is 0 Å². The minimum absolute atomic E-state index is 1.82. The zero-order valence-corrected chi connectivity index (χ0v) is 10.0. The van der Waals surface area contributed by atoms with Crippen molar-refractivity contribution in [3.8, 4) is 0 Å². The van der Waals surface area contributed by atoms with Crippen LogP contribution in [-0.2, 0) is 19.0 Å². The van der Waals surface area contributed by atoms with E-state index in [0.717, 1.165) is 0 Å². The van der Waals surface area contributed by atoms with Gasteiger partial charge >= 0.3 is 30.2 Å². The molecule has 2 atom stereocenters. The molecule has 0 radical (unpaired) electrons. The van der Waals surface area contributed by atoms with Crippen molar-refractivity contribution in [2.75, 3.05) is 6.61 Å². The first-order chi connectivity index (χ1) is 9.64. The monoisotopic (exact) mass is 348 g/mol. The van der Waals surface area contributed by atoms with Gasteiger partial charge in [0.05, 0.1) is 6.61 Å². The Kier molecular flexibility index (Phi) is 4.46. The highest BCUT2D eigenvalue weighted by atomic mass is 19.4. The maximum Gasteiger partial charge on any atom is 0.525 e. The predicted octanol–water partition coefficient (Wildman–Crippen LogP) is 2.84. The first-order valence-corrected chi connectivity index (χ1v) is 5.05. The Balaban J connectivity index is 3.21. The summed E-state index contributed by atoms with van der Waals surface area (Å²) in [7, 11) is 0. The Morgan fingerprint density at radius 1 is 1.18 bits per heavy atom. The van der Waals surface area contributed by atoms with Crippen LogP contribution in [0.4, 0.5) is 39.5 Å². The first kappa shape index (κ1) is 18.5. The van der Waals surface area contributed by atoms with E-state index in [1.165, 1.54) is 0 Å². The van der Waals surface area contributed by atoms with Crippen molar-refractivity contribution in [3.05, 3.63) is 12.4 Å². The Morgan fingerprint density at radius 2 is 1.68 bits per heavy atom. The average Bonchev–Trinajstić information content (AvgIpc) is 2.50. The van der Waals surface area contributed by atoms with Gasteiger partial charge in [-0.1, -0.05) is 6.58 Å². The molecule has 0 N–H and O–H groups in total. The van der Waals surface area contributed by atoms with Gasteiger partial charge in [0.25, 0.3) is 0 Å². The van der Waals surface area contributed by atoms with Gasteiger partial charge in [0.1, 0.15) is 0 Å². The Labute approximate surface area is 115 Å². The van der Waals surface area contributed by atoms with Crippen LogP contribution in [0.3, 0.4) is 0 Å². The number of ether oxygens (including phenoxy) is 3. The molecule has 0 saturated carbocycles. The van der Waals surface area contributed by atoms with E-state index in [0.29, 0.717) is 0 Å². The van der Waals surface area contributed by atoms with Crippen molar-refractivity contribution >= 4 is 5.97 Å². The summed E-state index contributed by atoms with van der Waals surface area (Å²) >= 11 is 0. The van der Waals surface area contributed by atoms with Crippen molar-refractivity contribution < 1.29 is 58.5 Å². The van der Waals surface area contributed by atoms with Gasteiger partial charge in [-0.15, -0.1) is 13.2 Å². The van der Waals surface area contributed by atoms with Crippen molar-refractivity contribution in [2.24, 2.45) is 0 Å². The molecule has 22 heavy (non-hydrogen) atoms. The molecule has 0 spiro atoms. The number of rotatable bonds is 3. The molecule has 13 heteroatoms. The van der Waals surface area contributed by atoms with Gasteiger partial charge in [-0.2, -0.15) is 26.3 Å². The van der Waals surface area contributed by atoms with Crippen LogP contribution >= 0.6 is 0 Å². The van der Waals surface area contributed by atoms with Crippen LogP contribution in [0.2, 0.25) is 0 Å². The second-order valence-electron chi connectivity index (χ2n) is 3.89. The van der Waals surface area contributed by atoms with E-state index in [4.69, 9.17) is 0 Å². The molecule has 128 valence electrons. The third-order valence-corrected chi connectivity index (χ3v) is 2.38. The van der Waals surface area contributed by atoms with Crippen LogP contribution < -0.4 is 0 Å². The molecule has 0 aromatic rings. The normalized spacial score (nSPS) is 28.5. The first-order valence-electron chi connectivity index (χ1n) is 5.05. The second-order valence-corrected chi connectivity index (χ2v) is 3.89. The van der Waals surface area contributed by atoms with Gasteiger partial charge in [-0.25, -0.2) is 9.53 Å². The van der Waals surface area contributed by atoms with E-state index in [9.17, 15) is 44.3 Å². The van der Waals surface area contributed by atoms with Gasteiger partial charge in [-0.3, -0.25) is 0 Å². The smallest absolute Gasteiger partial charge is 0.448 e. The second kappa shape index (κ2) is 5.30. The third-order valence-electron chi connectivity index (χ3n) is 2.38. The van der Waals surface area contributed by atoms with Crippen LogP contribution in [0.1, 0.15) is 0 Å². The summed E-state index contributed by atoms with van der Waals surface area (Å²) in [5.74, 6) is -15.1. The standard InChI is InChI=1S/C9H5F9O4/c1-3(10)5(19)21-4-2-20-7(6(4,11)12,8(13,14)15)22-9(16,17)18/h4H,1-2H2. The van der Waals surface area contributed by atoms with Crippen molar-refractivity contribution in [1.82, 2.24) is 0 Å². The Hall–Kier alpha value is -1.50. The lowest BCUT2D eigenvalue weighted by Gasteiger charge is -2.35. The molecule has 1 saturated heterocycles. The molecule has 0 aromatic carbocycles. The Morgan fingerprint density at radius 3 is 2.05 bits per heavy atom. The van der Waals surface area contributed by atoms with Crippen LogP contribution in [0.15, 0.2) is 12.4 Å². The van der Waals surface area contributed by atoms with Crippen LogP contribution in [-0.4, -0.2) is 42.9 Å². The molecule has 1 aliphatic rings. The summed E-state index contributed by atoms with van der Waals surface area (Å²) < 4.78 is 123. The lowest BCUT2D eigenvalue weighted by Crippen LogP contribution is -2.63. The number of hydrogen-bond acceptors (Lipinski definition) is 4. The molecule has 1 rings (SSSR count). The van der Waals surface area contributed by atoms with Crippen LogP contribution in [0.25, 0.3) is 0 Å². The number of carbonyl (C=O) groups excluding carboxylic acids is 1. The molecule has 0 aromatic heterocycles. The van der Waals surface area contributed by atoms with Gasteiger partial charge < -0.3 is 9.47 Å². The van der Waals surface area contributed by atoms with Gasteiger partial charge in [0.15, 0.2) is 6.10 Å². The van der Waals surface area contributed by atoms with Crippen molar-refractivity contribution in [2.45, 2.75) is 30.4 Å². The fourth-order valence-electron chi connectivity index (χ4n) is 1.50. The SMILES string of the molecule is C=C(F)C(=O)OC1COC(OC(F)(F)F)(C(F)(F)F)C1(F)F. The quantitative estimate of drug-likeness (QED) is 0.447. The van der Waals surface area contributed by atoms with E-state index in [1.807, 2.05) is 0 Å². The fourth-order valence-corrected chi connectivity index (χ4v) is 1.50. The zero-order valence-electron chi connectivity index (χ0n) is 10.0. The third kappa shape index (κ3) is 3.14.